The van der Waals surface area contributed by atoms with Crippen molar-refractivity contribution >= 4 is 39.1 Å². The second-order valence-electron chi connectivity index (χ2n) is 6.57. The van der Waals surface area contributed by atoms with Gasteiger partial charge in [-0.15, -0.1) is 11.3 Å². The molecule has 1 fully saturated rings. The van der Waals surface area contributed by atoms with E-state index in [1.807, 2.05) is 32.9 Å². The van der Waals surface area contributed by atoms with E-state index >= 15 is 0 Å². The Bertz CT molecular complexity index is 595. The zero-order valence-electron chi connectivity index (χ0n) is 13.8. The Hall–Kier alpha value is -0.920. The van der Waals surface area contributed by atoms with E-state index in [9.17, 15) is 9.59 Å². The van der Waals surface area contributed by atoms with Gasteiger partial charge in [-0.25, -0.2) is 4.79 Å². The first-order valence-corrected chi connectivity index (χ1v) is 9.37. The molecule has 0 aromatic carbocycles. The van der Waals surface area contributed by atoms with Gasteiger partial charge in [-0.05, 0) is 32.9 Å². The third kappa shape index (κ3) is 4.14. The number of alkyl halides is 1. The molecular formula is C16H22BrNO4S. The second-order valence-corrected chi connectivity index (χ2v) is 8.22. The number of nitrogens with zero attached hydrogens (tertiary/aromatic N) is 1. The van der Waals surface area contributed by atoms with Crippen molar-refractivity contribution < 1.29 is 19.1 Å². The van der Waals surface area contributed by atoms with Crippen molar-refractivity contribution in [2.24, 2.45) is 0 Å². The number of hydrogen-bond acceptors (Lipinski definition) is 5. The highest BCUT2D eigenvalue weighted by atomic mass is 79.9. The molecule has 2 rings (SSSR count). The van der Waals surface area contributed by atoms with Gasteiger partial charge in [0.05, 0.1) is 16.8 Å². The van der Waals surface area contributed by atoms with Crippen LogP contribution in [0.2, 0.25) is 0 Å². The van der Waals surface area contributed by atoms with Gasteiger partial charge in [0, 0.05) is 25.0 Å². The number of ketones is 1. The van der Waals surface area contributed by atoms with Gasteiger partial charge >= 0.3 is 6.09 Å². The lowest BCUT2D eigenvalue weighted by Crippen LogP contribution is -2.38. The fourth-order valence-electron chi connectivity index (χ4n) is 2.53. The summed E-state index contributed by atoms with van der Waals surface area (Å²) in [5, 5.41) is 0.303. The molecule has 0 N–H and O–H groups in total. The zero-order valence-corrected chi connectivity index (χ0v) is 16.3. The minimum atomic E-state index is -0.563. The molecule has 0 aliphatic carbocycles. The predicted molar refractivity (Wildman–Crippen MR) is 93.6 cm³/mol. The Labute approximate surface area is 149 Å². The van der Waals surface area contributed by atoms with Gasteiger partial charge in [0.25, 0.3) is 0 Å². The maximum atomic E-state index is 12.2. The van der Waals surface area contributed by atoms with Crippen LogP contribution in [0.3, 0.4) is 0 Å². The number of Topliss-reactive ketones (excluding diaryl/α,β-unsaturated/α-hetero) is 1. The van der Waals surface area contributed by atoms with Crippen LogP contribution in [0.4, 0.5) is 4.79 Å². The van der Waals surface area contributed by atoms with Crippen LogP contribution < -0.4 is 0 Å². The van der Waals surface area contributed by atoms with Gasteiger partial charge in [0.1, 0.15) is 11.2 Å². The second kappa shape index (κ2) is 6.91. The molecule has 0 bridgehead atoms. The third-order valence-corrected chi connectivity index (χ3v) is 5.55. The summed E-state index contributed by atoms with van der Waals surface area (Å²) >= 11 is 4.62. The van der Waals surface area contributed by atoms with Crippen LogP contribution in [0.25, 0.3) is 0 Å². The van der Waals surface area contributed by atoms with E-state index in [1.165, 1.54) is 11.3 Å². The number of likely N-dealkylation sites (tertiary alicyclic amines) is 1. The fraction of sp³-hybridized carbons (Fsp3) is 0.625. The van der Waals surface area contributed by atoms with Gasteiger partial charge in [-0.3, -0.25) is 4.79 Å². The highest BCUT2D eigenvalue weighted by Gasteiger charge is 2.44. The van der Waals surface area contributed by atoms with E-state index in [1.54, 1.807) is 12.0 Å². The summed E-state index contributed by atoms with van der Waals surface area (Å²) in [6, 6.07) is 3.74. The summed E-state index contributed by atoms with van der Waals surface area (Å²) < 4.78 is 11.2. The quantitative estimate of drug-likeness (QED) is 0.566. The van der Waals surface area contributed by atoms with E-state index in [-0.39, 0.29) is 11.9 Å². The van der Waals surface area contributed by atoms with Crippen LogP contribution in [0.15, 0.2) is 12.1 Å². The Balaban J connectivity index is 2.15. The molecule has 2 heterocycles. The van der Waals surface area contributed by atoms with E-state index in [0.29, 0.717) is 29.7 Å². The van der Waals surface area contributed by atoms with Crippen LogP contribution >= 0.6 is 27.3 Å². The first-order valence-electron chi connectivity index (χ1n) is 7.43. The molecule has 5 nitrogen and oxygen atoms in total. The molecule has 0 radical (unpaired) electrons. The Morgan fingerprint density at radius 2 is 2.09 bits per heavy atom. The van der Waals surface area contributed by atoms with Gasteiger partial charge in [0.2, 0.25) is 0 Å². The average Bonchev–Trinajstić information content (AvgIpc) is 3.12. The molecule has 1 amide bonds. The van der Waals surface area contributed by atoms with E-state index in [0.717, 1.165) is 4.88 Å². The van der Waals surface area contributed by atoms with Crippen LogP contribution in [0, 0.1) is 0 Å². The molecule has 7 heteroatoms. The van der Waals surface area contributed by atoms with Crippen LogP contribution in [0.1, 0.15) is 41.7 Å². The molecule has 0 saturated carbocycles. The lowest BCUT2D eigenvalue weighted by Gasteiger charge is -2.28. The third-order valence-electron chi connectivity index (χ3n) is 3.73. The minimum Gasteiger partial charge on any atom is -0.444 e. The van der Waals surface area contributed by atoms with Crippen molar-refractivity contribution in [2.75, 3.05) is 25.5 Å². The Morgan fingerprint density at radius 3 is 2.65 bits per heavy atom. The number of rotatable bonds is 4. The maximum Gasteiger partial charge on any atom is 0.410 e. The summed E-state index contributed by atoms with van der Waals surface area (Å²) in [5.41, 5.74) is -1.08. The van der Waals surface area contributed by atoms with Crippen molar-refractivity contribution in [3.63, 3.8) is 0 Å². The van der Waals surface area contributed by atoms with Crippen LogP contribution in [-0.4, -0.2) is 47.9 Å². The van der Waals surface area contributed by atoms with E-state index in [4.69, 9.17) is 9.47 Å². The summed E-state index contributed by atoms with van der Waals surface area (Å²) in [7, 11) is 1.64. The maximum absolute atomic E-state index is 12.2. The Morgan fingerprint density at radius 1 is 1.39 bits per heavy atom. The number of methoxy groups -OCH3 is 1. The molecule has 1 aromatic rings. The number of carbonyl (C=O) groups is 2. The van der Waals surface area contributed by atoms with E-state index in [2.05, 4.69) is 15.9 Å². The topological polar surface area (TPSA) is 55.8 Å². The molecule has 1 aliphatic heterocycles. The van der Waals surface area contributed by atoms with Gasteiger partial charge in [0.15, 0.2) is 5.78 Å². The van der Waals surface area contributed by atoms with Gasteiger partial charge < -0.3 is 14.4 Å². The number of halogens is 1. The van der Waals surface area contributed by atoms with E-state index < -0.39 is 11.2 Å². The molecular weight excluding hydrogens is 382 g/mol. The van der Waals surface area contributed by atoms with Gasteiger partial charge in [-0.2, -0.15) is 0 Å². The SMILES string of the molecule is COC1(c2ccc(C(=O)CBr)s2)CCN(C(=O)OC(C)(C)C)C1. The molecule has 1 saturated heterocycles. The van der Waals surface area contributed by atoms with Gasteiger partial charge in [-0.1, -0.05) is 15.9 Å². The highest BCUT2D eigenvalue weighted by molar-refractivity contribution is 9.09. The summed E-state index contributed by atoms with van der Waals surface area (Å²) in [6.45, 7) is 6.55. The highest BCUT2D eigenvalue weighted by Crippen LogP contribution is 2.39. The van der Waals surface area contributed by atoms with Crippen molar-refractivity contribution in [1.82, 2.24) is 4.90 Å². The average molecular weight is 404 g/mol. The molecule has 0 spiro atoms. The summed E-state index contributed by atoms with van der Waals surface area (Å²) in [5.74, 6) is 0.0505. The van der Waals surface area contributed by atoms with Crippen molar-refractivity contribution in [1.29, 1.82) is 0 Å². The smallest absolute Gasteiger partial charge is 0.410 e. The number of amides is 1. The first kappa shape index (κ1) is 18.4. The molecule has 1 aromatic heterocycles. The molecule has 1 unspecified atom stereocenters. The van der Waals surface area contributed by atoms with Crippen molar-refractivity contribution in [2.45, 2.75) is 38.4 Å². The number of hydrogen-bond donors (Lipinski definition) is 0. The van der Waals surface area contributed by atoms with Crippen molar-refractivity contribution in [3.8, 4) is 0 Å². The summed E-state index contributed by atoms with van der Waals surface area (Å²) in [4.78, 5) is 27.4. The standard InChI is InChI=1S/C16H22BrNO4S/c1-15(2,3)22-14(20)18-8-7-16(10-18,21-4)13-6-5-12(23-13)11(19)9-17/h5-6H,7-10H2,1-4H3. The normalized spacial score (nSPS) is 21.5. The molecule has 23 heavy (non-hydrogen) atoms. The molecule has 128 valence electrons. The molecule has 1 atom stereocenters. The minimum absolute atomic E-state index is 0.0505. The number of thiophene rings is 1. The van der Waals surface area contributed by atoms with Crippen LogP contribution in [0.5, 0.6) is 0 Å². The Kier molecular flexibility index (Phi) is 5.53. The zero-order chi connectivity index (χ0) is 17.3. The largest absolute Gasteiger partial charge is 0.444 e. The lowest BCUT2D eigenvalue weighted by atomic mass is 10.0. The monoisotopic (exact) mass is 403 g/mol. The molecule has 1 aliphatic rings. The first-order chi connectivity index (χ1) is 10.7. The number of carbonyl (C=O) groups excluding carboxylic acids is 2. The fourth-order valence-corrected chi connectivity index (χ4v) is 4.15. The van der Waals surface area contributed by atoms with Crippen molar-refractivity contribution in [3.05, 3.63) is 21.9 Å². The van der Waals surface area contributed by atoms with Crippen LogP contribution in [-0.2, 0) is 15.1 Å². The number of ether oxygens (including phenoxy) is 2. The summed E-state index contributed by atoms with van der Waals surface area (Å²) in [6.07, 6.45) is 0.357. The predicted octanol–water partition coefficient (Wildman–Crippen LogP) is 3.81. The lowest BCUT2D eigenvalue weighted by molar-refractivity contribution is -0.0106.